The lowest BCUT2D eigenvalue weighted by Crippen LogP contribution is -2.28. The molecule has 4 aromatic heterocycles. The highest BCUT2D eigenvalue weighted by Gasteiger charge is 2.21. The number of para-hydroxylation sites is 3. The van der Waals surface area contributed by atoms with Crippen LogP contribution in [0.4, 0.5) is 0 Å². The normalized spacial score (nSPS) is 12.3. The largest absolute Gasteiger partial charge is 0.292 e. The molecule has 0 atom stereocenters. The van der Waals surface area contributed by atoms with Crippen molar-refractivity contribution in [3.8, 4) is 51.0 Å². The number of allylic oxidation sites excluding steroid dienone is 2. The van der Waals surface area contributed by atoms with Gasteiger partial charge in [0, 0.05) is 37.9 Å². The zero-order chi connectivity index (χ0) is 39.5. The fourth-order valence-corrected chi connectivity index (χ4v) is 8.46. The number of hydrogen-bond donors (Lipinski definition) is 0. The molecule has 11 rings (SSSR count). The van der Waals surface area contributed by atoms with Crippen LogP contribution < -0.4 is 10.6 Å². The van der Waals surface area contributed by atoms with Gasteiger partial charge in [-0.3, -0.25) is 8.97 Å². The molecular formula is C53H36N6. The molecule has 0 saturated carbocycles. The van der Waals surface area contributed by atoms with E-state index in [2.05, 4.69) is 167 Å². The van der Waals surface area contributed by atoms with Gasteiger partial charge >= 0.3 is 0 Å². The van der Waals surface area contributed by atoms with Crippen molar-refractivity contribution in [2.24, 2.45) is 0 Å². The van der Waals surface area contributed by atoms with Crippen molar-refractivity contribution in [2.75, 3.05) is 0 Å². The highest BCUT2D eigenvalue weighted by Crippen LogP contribution is 2.36. The van der Waals surface area contributed by atoms with Crippen LogP contribution in [0.3, 0.4) is 0 Å². The van der Waals surface area contributed by atoms with Crippen LogP contribution in [0.1, 0.15) is 6.92 Å². The molecule has 4 heterocycles. The van der Waals surface area contributed by atoms with Crippen LogP contribution in [-0.4, -0.2) is 28.9 Å². The van der Waals surface area contributed by atoms with Gasteiger partial charge in [-0.2, -0.15) is 9.97 Å². The average Bonchev–Trinajstić information content (AvgIpc) is 3.84. The quantitative estimate of drug-likeness (QED) is 0.159. The van der Waals surface area contributed by atoms with E-state index in [1.165, 1.54) is 0 Å². The van der Waals surface area contributed by atoms with E-state index >= 15 is 0 Å². The molecule has 0 fully saturated rings. The SMILES string of the molecule is C=c1/c(=C\C=C/C)n(-c2nc(-c3ccc(-c4ccccc4)cc3)nc(-c3ccc(-c4ccccc4)cc3)n2)c2ccc3c(c4ccccc4n4c5ccccc5nc34)c12. The van der Waals surface area contributed by atoms with Crippen molar-refractivity contribution in [2.45, 2.75) is 6.92 Å². The second-order valence-corrected chi connectivity index (χ2v) is 14.7. The van der Waals surface area contributed by atoms with E-state index in [-0.39, 0.29) is 0 Å². The van der Waals surface area contributed by atoms with Gasteiger partial charge < -0.3 is 0 Å². The highest BCUT2D eigenvalue weighted by molar-refractivity contribution is 6.24. The van der Waals surface area contributed by atoms with Crippen LogP contribution in [0.15, 0.2) is 182 Å². The Labute approximate surface area is 340 Å². The molecule has 11 aromatic rings. The van der Waals surface area contributed by atoms with Crippen molar-refractivity contribution < 1.29 is 0 Å². The predicted octanol–water partition coefficient (Wildman–Crippen LogP) is 11.4. The summed E-state index contributed by atoms with van der Waals surface area (Å²) in [4.78, 5) is 20.9. The monoisotopic (exact) mass is 756 g/mol. The maximum absolute atomic E-state index is 5.27. The molecule has 7 aromatic carbocycles. The van der Waals surface area contributed by atoms with E-state index in [9.17, 15) is 0 Å². The first kappa shape index (κ1) is 34.3. The van der Waals surface area contributed by atoms with Gasteiger partial charge in [0.1, 0.15) is 5.65 Å². The Bertz CT molecular complexity index is 3450. The molecule has 59 heavy (non-hydrogen) atoms. The highest BCUT2D eigenvalue weighted by atomic mass is 15.2. The lowest BCUT2D eigenvalue weighted by molar-refractivity contribution is 0.911. The molecule has 6 nitrogen and oxygen atoms in total. The Morgan fingerprint density at radius 3 is 1.63 bits per heavy atom. The third-order valence-electron chi connectivity index (χ3n) is 11.3. The van der Waals surface area contributed by atoms with E-state index < -0.39 is 0 Å². The molecule has 0 spiro atoms. The van der Waals surface area contributed by atoms with E-state index in [1.807, 2.05) is 37.3 Å². The second kappa shape index (κ2) is 13.9. The van der Waals surface area contributed by atoms with Crippen LogP contribution in [0.5, 0.6) is 0 Å². The summed E-state index contributed by atoms with van der Waals surface area (Å²) < 4.78 is 4.42. The van der Waals surface area contributed by atoms with Gasteiger partial charge in [0.15, 0.2) is 11.6 Å². The minimum absolute atomic E-state index is 0.510. The first-order chi connectivity index (χ1) is 29.1. The van der Waals surface area contributed by atoms with Gasteiger partial charge in [-0.15, -0.1) is 0 Å². The van der Waals surface area contributed by atoms with E-state index in [1.54, 1.807) is 0 Å². The van der Waals surface area contributed by atoms with Gasteiger partial charge in [-0.25, -0.2) is 9.97 Å². The predicted molar refractivity (Wildman–Crippen MR) is 244 cm³/mol. The fraction of sp³-hybridized carbons (Fsp3) is 0.0189. The first-order valence-corrected chi connectivity index (χ1v) is 19.8. The molecule has 0 amide bonds. The summed E-state index contributed by atoms with van der Waals surface area (Å²) >= 11 is 0. The molecule has 0 bridgehead atoms. The molecule has 0 aliphatic rings. The summed E-state index contributed by atoms with van der Waals surface area (Å²) in [5, 5.41) is 6.09. The summed E-state index contributed by atoms with van der Waals surface area (Å²) in [5.74, 6) is 1.67. The second-order valence-electron chi connectivity index (χ2n) is 14.7. The van der Waals surface area contributed by atoms with E-state index in [4.69, 9.17) is 26.5 Å². The standard InChI is InChI=1S/C53H36N6/c1-3-4-21-44-34(2)48-47(33-32-42-49(48)41-19-11-13-22-45(41)58-46-23-14-12-20-43(46)54-52(42)58)59(44)53-56-50(39-28-24-37(25-29-39)35-15-7-5-8-16-35)55-51(57-53)40-30-26-38(27-31-40)36-17-9-6-10-18-36/h3-33H,2H2,1H3/b4-3-,44-21+. The molecule has 0 aliphatic heterocycles. The Hall–Kier alpha value is -7.96. The average molecular weight is 757 g/mol. The topological polar surface area (TPSA) is 60.9 Å². The third-order valence-corrected chi connectivity index (χ3v) is 11.3. The zero-order valence-corrected chi connectivity index (χ0v) is 32.3. The molecule has 0 aliphatic carbocycles. The van der Waals surface area contributed by atoms with Crippen molar-refractivity contribution in [1.29, 1.82) is 0 Å². The minimum atomic E-state index is 0.510. The lowest BCUT2D eigenvalue weighted by Gasteiger charge is -2.12. The summed E-state index contributed by atoms with van der Waals surface area (Å²) in [6.45, 7) is 6.80. The fourth-order valence-electron chi connectivity index (χ4n) is 8.46. The summed E-state index contributed by atoms with van der Waals surface area (Å²) in [6.07, 6.45) is 6.18. The van der Waals surface area contributed by atoms with Crippen LogP contribution in [-0.2, 0) is 0 Å². The number of nitrogens with zero attached hydrogens (tertiary/aromatic N) is 6. The van der Waals surface area contributed by atoms with Crippen LogP contribution in [0.25, 0.3) is 113 Å². The van der Waals surface area contributed by atoms with Crippen LogP contribution in [0, 0.1) is 0 Å². The summed E-state index contributed by atoms with van der Waals surface area (Å²) in [6, 6.07) is 59.0. The van der Waals surface area contributed by atoms with Crippen molar-refractivity contribution in [3.63, 3.8) is 0 Å². The Morgan fingerprint density at radius 2 is 1.00 bits per heavy atom. The van der Waals surface area contributed by atoms with Gasteiger partial charge in [-0.1, -0.05) is 158 Å². The van der Waals surface area contributed by atoms with Crippen LogP contribution in [0.2, 0.25) is 0 Å². The van der Waals surface area contributed by atoms with Crippen molar-refractivity contribution >= 4 is 61.9 Å². The molecule has 0 radical (unpaired) electrons. The van der Waals surface area contributed by atoms with E-state index in [0.717, 1.165) is 93.2 Å². The number of fused-ring (bicyclic) bond motifs is 10. The Kier molecular flexibility index (Phi) is 8.08. The Morgan fingerprint density at radius 1 is 0.458 bits per heavy atom. The van der Waals surface area contributed by atoms with Crippen molar-refractivity contribution in [3.05, 3.63) is 193 Å². The molecule has 6 heteroatoms. The number of aromatic nitrogens is 6. The number of imidazole rings is 1. The summed E-state index contributed by atoms with van der Waals surface area (Å²) in [7, 11) is 0. The van der Waals surface area contributed by atoms with Gasteiger partial charge in [0.05, 0.1) is 27.4 Å². The van der Waals surface area contributed by atoms with E-state index in [0.29, 0.717) is 17.6 Å². The number of benzene rings is 7. The lowest BCUT2D eigenvalue weighted by atomic mass is 10.0. The number of pyridine rings is 1. The number of rotatable bonds is 6. The molecule has 0 unspecified atom stereocenters. The van der Waals surface area contributed by atoms with Gasteiger partial charge in [0.2, 0.25) is 5.95 Å². The van der Waals surface area contributed by atoms with Crippen LogP contribution >= 0.6 is 0 Å². The number of hydrogen-bond acceptors (Lipinski definition) is 4. The molecular weight excluding hydrogens is 721 g/mol. The third kappa shape index (κ3) is 5.64. The van der Waals surface area contributed by atoms with Gasteiger partial charge in [0.25, 0.3) is 0 Å². The maximum Gasteiger partial charge on any atom is 0.238 e. The van der Waals surface area contributed by atoms with Crippen molar-refractivity contribution in [1.82, 2.24) is 28.9 Å². The maximum atomic E-state index is 5.27. The molecule has 278 valence electrons. The Balaban J connectivity index is 1.19. The zero-order valence-electron chi connectivity index (χ0n) is 32.3. The first-order valence-electron chi connectivity index (χ1n) is 19.8. The van der Waals surface area contributed by atoms with Gasteiger partial charge in [-0.05, 0) is 65.6 Å². The summed E-state index contributed by atoms with van der Waals surface area (Å²) in [5.41, 5.74) is 11.3. The molecule has 0 saturated heterocycles. The smallest absolute Gasteiger partial charge is 0.238 e. The minimum Gasteiger partial charge on any atom is -0.292 e. The molecule has 0 N–H and O–H groups in total.